The van der Waals surface area contributed by atoms with Crippen LogP contribution in [-0.2, 0) is 24.3 Å². The van der Waals surface area contributed by atoms with Gasteiger partial charge in [0.1, 0.15) is 0 Å². The molecule has 0 saturated carbocycles. The number of methoxy groups -OCH3 is 1. The zero-order chi connectivity index (χ0) is 14.5. The van der Waals surface area contributed by atoms with E-state index in [9.17, 15) is 13.2 Å². The molecule has 1 aliphatic rings. The third-order valence-corrected chi connectivity index (χ3v) is 4.97. The predicted molar refractivity (Wildman–Crippen MR) is 70.0 cm³/mol. The zero-order valence-electron chi connectivity index (χ0n) is 11.4. The molecule has 0 radical (unpaired) electrons. The van der Waals surface area contributed by atoms with Crippen LogP contribution < -0.4 is 5.73 Å². The Morgan fingerprint density at radius 3 is 2.84 bits per heavy atom. The van der Waals surface area contributed by atoms with Crippen molar-refractivity contribution >= 4 is 16.0 Å². The van der Waals surface area contributed by atoms with Gasteiger partial charge >= 0.3 is 5.97 Å². The van der Waals surface area contributed by atoms with Crippen molar-refractivity contribution in [3.8, 4) is 0 Å². The van der Waals surface area contributed by atoms with Crippen LogP contribution in [0.15, 0.2) is 0 Å². The number of nitrogens with two attached hydrogens (primary N) is 1. The minimum atomic E-state index is -3.36. The fraction of sp³-hybridized carbons (Fsp3) is 0.909. The summed E-state index contributed by atoms with van der Waals surface area (Å²) in [6.45, 7) is 2.75. The van der Waals surface area contributed by atoms with Crippen molar-refractivity contribution in [3.05, 3.63) is 0 Å². The fourth-order valence-corrected chi connectivity index (χ4v) is 3.35. The highest BCUT2D eigenvalue weighted by atomic mass is 32.2. The lowest BCUT2D eigenvalue weighted by atomic mass is 10.2. The maximum absolute atomic E-state index is 12.1. The van der Waals surface area contributed by atoms with E-state index >= 15 is 0 Å². The molecule has 0 aromatic rings. The average Bonchev–Trinajstić information content (AvgIpc) is 2.38. The molecular formula is C11H22N2O5S. The van der Waals surface area contributed by atoms with E-state index in [4.69, 9.17) is 10.5 Å². The van der Waals surface area contributed by atoms with Crippen LogP contribution in [0, 0.1) is 0 Å². The molecule has 0 spiro atoms. The minimum Gasteiger partial charge on any atom is -0.469 e. The molecule has 0 aromatic carbocycles. The average molecular weight is 294 g/mol. The third-order valence-electron chi connectivity index (χ3n) is 3.05. The first-order valence-corrected chi connectivity index (χ1v) is 7.89. The summed E-state index contributed by atoms with van der Waals surface area (Å²) in [5, 5.41) is 0. The van der Waals surface area contributed by atoms with E-state index in [1.54, 1.807) is 6.92 Å². The molecule has 19 heavy (non-hydrogen) atoms. The maximum Gasteiger partial charge on any atom is 0.305 e. The van der Waals surface area contributed by atoms with E-state index in [-0.39, 0.29) is 37.3 Å². The van der Waals surface area contributed by atoms with Crippen LogP contribution in [0.1, 0.15) is 19.8 Å². The monoisotopic (exact) mass is 294 g/mol. The van der Waals surface area contributed by atoms with Crippen molar-refractivity contribution in [3.63, 3.8) is 0 Å². The largest absolute Gasteiger partial charge is 0.469 e. The number of carbonyl (C=O) groups is 1. The van der Waals surface area contributed by atoms with Gasteiger partial charge in [-0.15, -0.1) is 0 Å². The topological polar surface area (TPSA) is 98.9 Å². The van der Waals surface area contributed by atoms with Gasteiger partial charge in [0.25, 0.3) is 0 Å². The van der Waals surface area contributed by atoms with Crippen LogP contribution in [0.3, 0.4) is 0 Å². The van der Waals surface area contributed by atoms with Crippen molar-refractivity contribution in [1.29, 1.82) is 0 Å². The van der Waals surface area contributed by atoms with Crippen LogP contribution >= 0.6 is 0 Å². The SMILES string of the molecule is COC(=O)CCCS(=O)(=O)N1CCOC(C(C)N)C1. The zero-order valence-corrected chi connectivity index (χ0v) is 12.2. The van der Waals surface area contributed by atoms with Crippen LogP contribution in [0.2, 0.25) is 0 Å². The highest BCUT2D eigenvalue weighted by Crippen LogP contribution is 2.13. The second-order valence-electron chi connectivity index (χ2n) is 4.62. The van der Waals surface area contributed by atoms with Gasteiger partial charge < -0.3 is 15.2 Å². The number of sulfonamides is 1. The van der Waals surface area contributed by atoms with Crippen LogP contribution in [-0.4, -0.2) is 63.4 Å². The summed E-state index contributed by atoms with van der Waals surface area (Å²) in [7, 11) is -2.08. The lowest BCUT2D eigenvalue weighted by Crippen LogP contribution is -2.51. The first-order valence-electron chi connectivity index (χ1n) is 6.28. The standard InChI is InChI=1S/C11H22N2O5S/c1-9(12)10-8-13(5-6-18-10)19(15,16)7-3-4-11(14)17-2/h9-10H,3-8,12H2,1-2H3. The quantitative estimate of drug-likeness (QED) is 0.652. The molecule has 1 fully saturated rings. The number of ether oxygens (including phenoxy) is 2. The van der Waals surface area contributed by atoms with E-state index in [1.165, 1.54) is 11.4 Å². The van der Waals surface area contributed by atoms with Gasteiger partial charge in [-0.1, -0.05) is 0 Å². The highest BCUT2D eigenvalue weighted by Gasteiger charge is 2.30. The van der Waals surface area contributed by atoms with Gasteiger partial charge in [0.15, 0.2) is 0 Å². The number of carbonyl (C=O) groups excluding carboxylic acids is 1. The summed E-state index contributed by atoms with van der Waals surface area (Å²) in [5.74, 6) is -0.459. The number of morpholine rings is 1. The van der Waals surface area contributed by atoms with Crippen molar-refractivity contribution in [1.82, 2.24) is 4.31 Å². The van der Waals surface area contributed by atoms with Crippen molar-refractivity contribution in [2.75, 3.05) is 32.6 Å². The van der Waals surface area contributed by atoms with Gasteiger partial charge in [0.2, 0.25) is 10.0 Å². The molecule has 2 N–H and O–H groups in total. The second kappa shape index (κ2) is 7.18. The Bertz CT molecular complexity index is 396. The normalized spacial score (nSPS) is 23.0. The molecule has 2 atom stereocenters. The molecular weight excluding hydrogens is 272 g/mol. The van der Waals surface area contributed by atoms with Crippen molar-refractivity contribution in [2.24, 2.45) is 5.73 Å². The lowest BCUT2D eigenvalue weighted by molar-refractivity contribution is -0.140. The van der Waals surface area contributed by atoms with Gasteiger partial charge in [0.05, 0.1) is 25.6 Å². The summed E-state index contributed by atoms with van der Waals surface area (Å²) in [4.78, 5) is 10.9. The Morgan fingerprint density at radius 2 is 2.26 bits per heavy atom. The molecule has 0 aromatic heterocycles. The number of esters is 1. The summed E-state index contributed by atoms with van der Waals surface area (Å²) in [6, 6.07) is -0.215. The van der Waals surface area contributed by atoms with Gasteiger partial charge in [-0.05, 0) is 13.3 Å². The maximum atomic E-state index is 12.1. The smallest absolute Gasteiger partial charge is 0.305 e. The highest BCUT2D eigenvalue weighted by molar-refractivity contribution is 7.89. The molecule has 0 amide bonds. The number of hydrogen-bond acceptors (Lipinski definition) is 6. The molecule has 1 rings (SSSR count). The summed E-state index contributed by atoms with van der Waals surface area (Å²) >= 11 is 0. The summed E-state index contributed by atoms with van der Waals surface area (Å²) in [5.41, 5.74) is 5.72. The third kappa shape index (κ3) is 5.06. The molecule has 2 unspecified atom stereocenters. The van der Waals surface area contributed by atoms with Crippen LogP contribution in [0.4, 0.5) is 0 Å². The summed E-state index contributed by atoms with van der Waals surface area (Å²) < 4.78 is 35.5. The Kier molecular flexibility index (Phi) is 6.18. The Labute approximate surface area is 114 Å². The van der Waals surface area contributed by atoms with Crippen LogP contribution in [0.25, 0.3) is 0 Å². The number of rotatable bonds is 6. The van der Waals surface area contributed by atoms with E-state index in [2.05, 4.69) is 4.74 Å². The Hall–Kier alpha value is -0.700. The first kappa shape index (κ1) is 16.4. The Balaban J connectivity index is 2.50. The molecule has 1 saturated heterocycles. The van der Waals surface area contributed by atoms with Gasteiger partial charge in [-0.2, -0.15) is 4.31 Å². The van der Waals surface area contributed by atoms with E-state index in [1.807, 2.05) is 0 Å². The van der Waals surface area contributed by atoms with E-state index < -0.39 is 16.0 Å². The molecule has 0 bridgehead atoms. The number of nitrogens with zero attached hydrogens (tertiary/aromatic N) is 1. The van der Waals surface area contributed by atoms with Gasteiger partial charge in [0, 0.05) is 25.6 Å². The van der Waals surface area contributed by atoms with Crippen molar-refractivity contribution in [2.45, 2.75) is 31.9 Å². The first-order chi connectivity index (χ1) is 8.86. The minimum absolute atomic E-state index is 0.0617. The molecule has 0 aliphatic carbocycles. The predicted octanol–water partition coefficient (Wildman–Crippen LogP) is -0.683. The van der Waals surface area contributed by atoms with Gasteiger partial charge in [-0.3, -0.25) is 4.79 Å². The van der Waals surface area contributed by atoms with E-state index in [0.717, 1.165) is 0 Å². The van der Waals surface area contributed by atoms with Crippen molar-refractivity contribution < 1.29 is 22.7 Å². The summed E-state index contributed by atoms with van der Waals surface area (Å²) in [6.07, 6.45) is 0.0931. The fourth-order valence-electron chi connectivity index (χ4n) is 1.85. The molecule has 7 nitrogen and oxygen atoms in total. The second-order valence-corrected chi connectivity index (χ2v) is 6.71. The molecule has 112 valence electrons. The molecule has 8 heteroatoms. The molecule has 1 heterocycles. The van der Waals surface area contributed by atoms with E-state index in [0.29, 0.717) is 13.2 Å². The lowest BCUT2D eigenvalue weighted by Gasteiger charge is -2.33. The molecule has 1 aliphatic heterocycles. The Morgan fingerprint density at radius 1 is 1.58 bits per heavy atom. The number of hydrogen-bond donors (Lipinski definition) is 1. The van der Waals surface area contributed by atoms with Gasteiger partial charge in [-0.25, -0.2) is 8.42 Å². The van der Waals surface area contributed by atoms with Crippen LogP contribution in [0.5, 0.6) is 0 Å².